The van der Waals surface area contributed by atoms with E-state index >= 15 is 0 Å². The summed E-state index contributed by atoms with van der Waals surface area (Å²) in [7, 11) is -3.12. The van der Waals surface area contributed by atoms with E-state index in [2.05, 4.69) is 34.7 Å². The van der Waals surface area contributed by atoms with Crippen LogP contribution in [-0.4, -0.2) is 32.1 Å². The van der Waals surface area contributed by atoms with E-state index in [-0.39, 0.29) is 5.75 Å². The first kappa shape index (κ1) is 17.5. The number of nitrogens with zero attached hydrogens (tertiary/aromatic N) is 1. The van der Waals surface area contributed by atoms with Crippen LogP contribution in [0.1, 0.15) is 33.6 Å². The molecular weight excluding hydrogens is 338 g/mol. The summed E-state index contributed by atoms with van der Waals surface area (Å²) < 4.78 is 24.0. The van der Waals surface area contributed by atoms with E-state index in [0.29, 0.717) is 17.4 Å². The maximum atomic E-state index is 12.0. The summed E-state index contributed by atoms with van der Waals surface area (Å²) in [5.74, 6) is 0.212. The van der Waals surface area contributed by atoms with Gasteiger partial charge >= 0.3 is 0 Å². The topological polar surface area (TPSA) is 37.4 Å². The summed E-state index contributed by atoms with van der Waals surface area (Å²) >= 11 is 3.45. The van der Waals surface area contributed by atoms with Crippen molar-refractivity contribution in [3.63, 3.8) is 0 Å². The molecular formula is C15H24BrNO2S. The molecule has 0 amide bonds. The minimum Gasteiger partial charge on any atom is -0.369 e. The Morgan fingerprint density at radius 2 is 1.80 bits per heavy atom. The van der Waals surface area contributed by atoms with E-state index < -0.39 is 9.84 Å². The lowest BCUT2D eigenvalue weighted by molar-refractivity contribution is 0.594. The molecule has 0 aliphatic carbocycles. The Bertz CT molecular complexity index is 497. The fraction of sp³-hybridized carbons (Fsp3) is 0.600. The third-order valence-corrected chi connectivity index (χ3v) is 5.65. The van der Waals surface area contributed by atoms with Crippen LogP contribution in [0.2, 0.25) is 0 Å². The Kier molecular flexibility index (Phi) is 7.03. The molecule has 5 heteroatoms. The minimum absolute atomic E-state index is 0.212. The van der Waals surface area contributed by atoms with Crippen LogP contribution in [0.4, 0.5) is 5.69 Å². The monoisotopic (exact) mass is 361 g/mol. The van der Waals surface area contributed by atoms with Crippen molar-refractivity contribution in [3.8, 4) is 0 Å². The molecule has 3 nitrogen and oxygen atoms in total. The highest BCUT2D eigenvalue weighted by molar-refractivity contribution is 9.09. The smallest absolute Gasteiger partial charge is 0.178 e. The predicted octanol–water partition coefficient (Wildman–Crippen LogP) is 3.87. The highest BCUT2D eigenvalue weighted by Crippen LogP contribution is 2.21. The minimum atomic E-state index is -3.12. The zero-order valence-electron chi connectivity index (χ0n) is 12.5. The summed E-state index contributed by atoms with van der Waals surface area (Å²) in [6.07, 6.45) is 1.71. The van der Waals surface area contributed by atoms with Crippen molar-refractivity contribution < 1.29 is 8.42 Å². The molecule has 0 N–H and O–H groups in total. The molecule has 0 aromatic heterocycles. The summed E-state index contributed by atoms with van der Waals surface area (Å²) in [5.41, 5.74) is 1.08. The van der Waals surface area contributed by atoms with E-state index in [0.717, 1.165) is 24.0 Å². The van der Waals surface area contributed by atoms with Crippen molar-refractivity contribution in [2.45, 2.75) is 44.6 Å². The Labute approximate surface area is 131 Å². The van der Waals surface area contributed by atoms with Gasteiger partial charge in [0.15, 0.2) is 9.84 Å². The maximum absolute atomic E-state index is 12.0. The average Bonchev–Trinajstić information content (AvgIpc) is 2.39. The molecule has 0 aliphatic heterocycles. The quantitative estimate of drug-likeness (QED) is 0.659. The highest BCUT2D eigenvalue weighted by Gasteiger charge is 2.15. The van der Waals surface area contributed by atoms with Gasteiger partial charge in [-0.3, -0.25) is 0 Å². The van der Waals surface area contributed by atoms with E-state index in [1.807, 2.05) is 19.1 Å². The number of hydrogen-bond acceptors (Lipinski definition) is 3. The van der Waals surface area contributed by atoms with E-state index in [4.69, 9.17) is 0 Å². The number of anilines is 1. The number of halogens is 1. The Morgan fingerprint density at radius 1 is 1.20 bits per heavy atom. The van der Waals surface area contributed by atoms with Crippen LogP contribution in [-0.2, 0) is 9.84 Å². The predicted molar refractivity (Wildman–Crippen MR) is 89.7 cm³/mol. The van der Waals surface area contributed by atoms with Gasteiger partial charge in [0.1, 0.15) is 0 Å². The molecule has 0 saturated heterocycles. The lowest BCUT2D eigenvalue weighted by atomic mass is 10.2. The van der Waals surface area contributed by atoms with E-state index in [9.17, 15) is 8.42 Å². The molecule has 0 fully saturated rings. The van der Waals surface area contributed by atoms with Gasteiger partial charge in [-0.2, -0.15) is 0 Å². The van der Waals surface area contributed by atoms with E-state index in [1.165, 1.54) is 0 Å². The largest absolute Gasteiger partial charge is 0.369 e. The van der Waals surface area contributed by atoms with Crippen LogP contribution < -0.4 is 4.90 Å². The van der Waals surface area contributed by atoms with Crippen molar-refractivity contribution in [2.24, 2.45) is 0 Å². The van der Waals surface area contributed by atoms with Crippen LogP contribution in [0.15, 0.2) is 29.2 Å². The first-order valence-electron chi connectivity index (χ1n) is 7.07. The first-order chi connectivity index (χ1) is 9.42. The number of rotatable bonds is 8. The van der Waals surface area contributed by atoms with Crippen molar-refractivity contribution in [1.29, 1.82) is 0 Å². The summed E-state index contributed by atoms with van der Waals surface area (Å²) in [6.45, 7) is 7.14. The second kappa shape index (κ2) is 8.03. The Balaban J connectivity index is 2.94. The molecule has 20 heavy (non-hydrogen) atoms. The molecule has 0 aliphatic rings. The van der Waals surface area contributed by atoms with Crippen molar-refractivity contribution in [3.05, 3.63) is 24.3 Å². The lowest BCUT2D eigenvalue weighted by Gasteiger charge is -2.29. The molecule has 0 spiro atoms. The second-order valence-corrected chi connectivity index (χ2v) is 8.04. The van der Waals surface area contributed by atoms with Gasteiger partial charge in [-0.1, -0.05) is 22.9 Å². The third kappa shape index (κ3) is 4.77. The molecule has 0 bridgehead atoms. The van der Waals surface area contributed by atoms with Gasteiger partial charge in [-0.25, -0.2) is 8.42 Å². The lowest BCUT2D eigenvalue weighted by Crippen LogP contribution is -2.31. The van der Waals surface area contributed by atoms with Crippen LogP contribution in [0.5, 0.6) is 0 Å². The fourth-order valence-corrected chi connectivity index (χ4v) is 3.72. The number of alkyl halides is 1. The molecule has 1 aromatic rings. The first-order valence-corrected chi connectivity index (χ1v) is 9.85. The second-order valence-electron chi connectivity index (χ2n) is 5.14. The number of sulfone groups is 1. The highest BCUT2D eigenvalue weighted by atomic mass is 79.9. The number of hydrogen-bond donors (Lipinski definition) is 0. The normalized spacial score (nSPS) is 11.8. The van der Waals surface area contributed by atoms with Gasteiger partial charge in [0, 0.05) is 23.6 Å². The van der Waals surface area contributed by atoms with Gasteiger partial charge in [0.05, 0.1) is 10.6 Å². The molecule has 0 atom stereocenters. The molecule has 114 valence electrons. The maximum Gasteiger partial charge on any atom is 0.178 e. The van der Waals surface area contributed by atoms with Crippen molar-refractivity contribution in [1.82, 2.24) is 0 Å². The molecule has 0 unspecified atom stereocenters. The fourth-order valence-electron chi connectivity index (χ4n) is 2.15. The van der Waals surface area contributed by atoms with Crippen LogP contribution >= 0.6 is 15.9 Å². The molecule has 0 heterocycles. The zero-order chi connectivity index (χ0) is 15.2. The zero-order valence-corrected chi connectivity index (χ0v) is 14.9. The number of benzene rings is 1. The molecule has 1 aromatic carbocycles. The standard InChI is InChI=1S/C15H24BrNO2S/c1-4-12-20(18,19)15-8-6-14(7-9-15)17(13(2)3)11-5-10-16/h6-9,13H,4-5,10-12H2,1-3H3. The Morgan fingerprint density at radius 3 is 2.25 bits per heavy atom. The van der Waals surface area contributed by atoms with Crippen LogP contribution in [0.25, 0.3) is 0 Å². The molecule has 0 radical (unpaired) electrons. The van der Waals surface area contributed by atoms with Crippen LogP contribution in [0, 0.1) is 0 Å². The van der Waals surface area contributed by atoms with Gasteiger partial charge < -0.3 is 4.90 Å². The van der Waals surface area contributed by atoms with E-state index in [1.54, 1.807) is 12.1 Å². The van der Waals surface area contributed by atoms with Gasteiger partial charge in [-0.15, -0.1) is 0 Å². The van der Waals surface area contributed by atoms with Crippen molar-refractivity contribution >= 4 is 31.5 Å². The summed E-state index contributed by atoms with van der Waals surface area (Å²) in [5, 5.41) is 0.971. The SMILES string of the molecule is CCCS(=O)(=O)c1ccc(N(CCCBr)C(C)C)cc1. The summed E-state index contributed by atoms with van der Waals surface area (Å²) in [4.78, 5) is 2.71. The third-order valence-electron chi connectivity index (χ3n) is 3.16. The summed E-state index contributed by atoms with van der Waals surface area (Å²) in [6, 6.07) is 7.67. The Hall–Kier alpha value is -0.550. The molecule has 0 saturated carbocycles. The van der Waals surface area contributed by atoms with Gasteiger partial charge in [0.25, 0.3) is 0 Å². The van der Waals surface area contributed by atoms with Crippen molar-refractivity contribution in [2.75, 3.05) is 22.5 Å². The van der Waals surface area contributed by atoms with Crippen LogP contribution in [0.3, 0.4) is 0 Å². The van der Waals surface area contributed by atoms with Gasteiger partial charge in [-0.05, 0) is 51.0 Å². The van der Waals surface area contributed by atoms with Gasteiger partial charge in [0.2, 0.25) is 0 Å². The average molecular weight is 362 g/mol. The molecule has 1 rings (SSSR count).